The number of thioether (sulfide) groups is 1. The van der Waals surface area contributed by atoms with Crippen LogP contribution in [-0.4, -0.2) is 30.1 Å². The van der Waals surface area contributed by atoms with Crippen LogP contribution in [0.3, 0.4) is 0 Å². The molecule has 0 saturated carbocycles. The number of fused-ring (bicyclic) bond motifs is 1. The van der Waals surface area contributed by atoms with Crippen molar-refractivity contribution in [3.63, 3.8) is 0 Å². The fourth-order valence-corrected chi connectivity index (χ4v) is 2.83. The molecule has 1 aliphatic rings. The number of nitrogens with two attached hydrogens (primary N) is 1. The summed E-state index contributed by atoms with van der Waals surface area (Å²) < 4.78 is 0. The quantitative estimate of drug-likeness (QED) is 0.749. The zero-order chi connectivity index (χ0) is 10.8. The predicted octanol–water partition coefficient (Wildman–Crippen LogP) is 1.56. The lowest BCUT2D eigenvalue weighted by molar-refractivity contribution is 0.200. The summed E-state index contributed by atoms with van der Waals surface area (Å²) in [5.74, 6) is 1.07. The lowest BCUT2D eigenvalue weighted by Crippen LogP contribution is -2.35. The van der Waals surface area contributed by atoms with Crippen molar-refractivity contribution < 1.29 is 5.11 Å². The Bertz CT molecular complexity index is 354. The van der Waals surface area contributed by atoms with Gasteiger partial charge in [0.2, 0.25) is 0 Å². The lowest BCUT2D eigenvalue weighted by Gasteiger charge is -2.31. The predicted molar refractivity (Wildman–Crippen MR) is 65.5 cm³/mol. The summed E-state index contributed by atoms with van der Waals surface area (Å²) in [6.45, 7) is 3.47. The minimum atomic E-state index is -0.303. The first kappa shape index (κ1) is 10.6. The number of aliphatic hydroxyl groups excluding tert-OH is 1. The normalized spacial score (nSPS) is 17.3. The highest BCUT2D eigenvalue weighted by Gasteiger charge is 2.18. The van der Waals surface area contributed by atoms with Crippen LogP contribution in [0.4, 0.5) is 11.4 Å². The van der Waals surface area contributed by atoms with Gasteiger partial charge >= 0.3 is 0 Å². The molecule has 0 spiro atoms. The Morgan fingerprint density at radius 3 is 3.13 bits per heavy atom. The molecule has 1 aromatic rings. The molecule has 0 fully saturated rings. The van der Waals surface area contributed by atoms with Crippen LogP contribution in [0.15, 0.2) is 23.1 Å². The third kappa shape index (κ3) is 2.38. The van der Waals surface area contributed by atoms with Crippen molar-refractivity contribution in [1.29, 1.82) is 0 Å². The van der Waals surface area contributed by atoms with E-state index in [1.165, 1.54) is 4.90 Å². The largest absolute Gasteiger partial charge is 0.399 e. The number of nitrogen functional groups attached to an aromatic ring is 1. The fraction of sp³-hybridized carbons (Fsp3) is 0.455. The summed E-state index contributed by atoms with van der Waals surface area (Å²) in [6, 6.07) is 5.98. The Balaban J connectivity index is 2.28. The summed E-state index contributed by atoms with van der Waals surface area (Å²) >= 11 is 1.85. The van der Waals surface area contributed by atoms with E-state index in [4.69, 9.17) is 5.73 Å². The standard InChI is InChI=1S/C11H16N2OS/c1-8(14)7-13-4-5-15-11-3-2-9(12)6-10(11)13/h2-3,6,8,14H,4-5,7,12H2,1H3. The molecule has 1 unspecified atom stereocenters. The van der Waals surface area contributed by atoms with Crippen LogP contribution in [0.5, 0.6) is 0 Å². The van der Waals surface area contributed by atoms with E-state index in [1.807, 2.05) is 30.8 Å². The van der Waals surface area contributed by atoms with Gasteiger partial charge in [-0.25, -0.2) is 0 Å². The van der Waals surface area contributed by atoms with Gasteiger partial charge in [-0.1, -0.05) is 0 Å². The maximum Gasteiger partial charge on any atom is 0.0687 e. The van der Waals surface area contributed by atoms with Gasteiger partial charge in [-0.2, -0.15) is 0 Å². The SMILES string of the molecule is CC(O)CN1CCSc2ccc(N)cc21. The third-order valence-corrected chi connectivity index (χ3v) is 3.47. The molecule has 3 nitrogen and oxygen atoms in total. The number of β-amino-alcohol motifs (C(OH)–C–C–N with tert-alkyl or cyclic N) is 1. The van der Waals surface area contributed by atoms with Gasteiger partial charge in [0.1, 0.15) is 0 Å². The summed E-state index contributed by atoms with van der Waals surface area (Å²) in [4.78, 5) is 3.46. The average Bonchev–Trinajstić information content (AvgIpc) is 2.18. The van der Waals surface area contributed by atoms with E-state index in [2.05, 4.69) is 11.0 Å². The summed E-state index contributed by atoms with van der Waals surface area (Å²) in [7, 11) is 0. The van der Waals surface area contributed by atoms with Crippen molar-refractivity contribution in [3.8, 4) is 0 Å². The molecule has 1 aromatic carbocycles. The van der Waals surface area contributed by atoms with Crippen molar-refractivity contribution >= 4 is 23.1 Å². The zero-order valence-corrected chi connectivity index (χ0v) is 9.63. The molecule has 0 radical (unpaired) electrons. The molecule has 4 heteroatoms. The van der Waals surface area contributed by atoms with E-state index in [0.29, 0.717) is 6.54 Å². The van der Waals surface area contributed by atoms with Gasteiger partial charge in [0.05, 0.1) is 11.8 Å². The van der Waals surface area contributed by atoms with E-state index in [1.54, 1.807) is 0 Å². The van der Waals surface area contributed by atoms with Crippen molar-refractivity contribution in [2.75, 3.05) is 29.5 Å². The van der Waals surface area contributed by atoms with E-state index in [9.17, 15) is 5.11 Å². The minimum absolute atomic E-state index is 0.303. The topological polar surface area (TPSA) is 49.5 Å². The lowest BCUT2D eigenvalue weighted by atomic mass is 10.2. The van der Waals surface area contributed by atoms with Gasteiger partial charge in [0.15, 0.2) is 0 Å². The molecule has 0 saturated heterocycles. The van der Waals surface area contributed by atoms with Crippen LogP contribution >= 0.6 is 11.8 Å². The highest BCUT2D eigenvalue weighted by atomic mass is 32.2. The second-order valence-electron chi connectivity index (χ2n) is 3.87. The monoisotopic (exact) mass is 224 g/mol. The zero-order valence-electron chi connectivity index (χ0n) is 8.81. The molecule has 82 valence electrons. The van der Waals surface area contributed by atoms with Crippen LogP contribution < -0.4 is 10.6 Å². The minimum Gasteiger partial charge on any atom is -0.399 e. The molecule has 1 aliphatic heterocycles. The number of aliphatic hydroxyl groups is 1. The first-order valence-electron chi connectivity index (χ1n) is 5.12. The maximum absolute atomic E-state index is 9.42. The second kappa shape index (κ2) is 4.33. The van der Waals surface area contributed by atoms with E-state index < -0.39 is 0 Å². The second-order valence-corrected chi connectivity index (χ2v) is 5.01. The summed E-state index contributed by atoms with van der Waals surface area (Å²) in [5, 5.41) is 9.42. The van der Waals surface area contributed by atoms with Crippen molar-refractivity contribution in [2.45, 2.75) is 17.9 Å². The summed E-state index contributed by atoms with van der Waals surface area (Å²) in [6.07, 6.45) is -0.303. The number of hydrogen-bond acceptors (Lipinski definition) is 4. The fourth-order valence-electron chi connectivity index (χ4n) is 1.80. The van der Waals surface area contributed by atoms with Crippen LogP contribution in [0.1, 0.15) is 6.92 Å². The number of benzene rings is 1. The van der Waals surface area contributed by atoms with E-state index >= 15 is 0 Å². The van der Waals surface area contributed by atoms with Gasteiger partial charge in [-0.3, -0.25) is 0 Å². The molecular formula is C11H16N2OS. The van der Waals surface area contributed by atoms with Crippen molar-refractivity contribution in [1.82, 2.24) is 0 Å². The molecule has 2 rings (SSSR count). The van der Waals surface area contributed by atoms with E-state index in [0.717, 1.165) is 23.7 Å². The van der Waals surface area contributed by atoms with Gasteiger partial charge in [0, 0.05) is 29.4 Å². The number of nitrogens with zero attached hydrogens (tertiary/aromatic N) is 1. The van der Waals surface area contributed by atoms with Crippen molar-refractivity contribution in [3.05, 3.63) is 18.2 Å². The molecule has 0 aromatic heterocycles. The smallest absolute Gasteiger partial charge is 0.0687 e. The van der Waals surface area contributed by atoms with Gasteiger partial charge in [-0.05, 0) is 25.1 Å². The third-order valence-electron chi connectivity index (χ3n) is 2.43. The molecular weight excluding hydrogens is 208 g/mol. The molecule has 1 atom stereocenters. The highest BCUT2D eigenvalue weighted by molar-refractivity contribution is 7.99. The molecule has 15 heavy (non-hydrogen) atoms. The van der Waals surface area contributed by atoms with Gasteiger partial charge < -0.3 is 15.7 Å². The Morgan fingerprint density at radius 2 is 2.40 bits per heavy atom. The Morgan fingerprint density at radius 1 is 1.60 bits per heavy atom. The van der Waals surface area contributed by atoms with E-state index in [-0.39, 0.29) is 6.10 Å². The molecule has 0 bridgehead atoms. The number of anilines is 2. The van der Waals surface area contributed by atoms with Crippen molar-refractivity contribution in [2.24, 2.45) is 0 Å². The van der Waals surface area contributed by atoms with Gasteiger partial charge in [-0.15, -0.1) is 11.8 Å². The first-order valence-corrected chi connectivity index (χ1v) is 6.10. The number of hydrogen-bond donors (Lipinski definition) is 2. The number of rotatable bonds is 2. The Hall–Kier alpha value is -0.870. The van der Waals surface area contributed by atoms with Gasteiger partial charge in [0.25, 0.3) is 0 Å². The van der Waals surface area contributed by atoms with Crippen LogP contribution in [-0.2, 0) is 0 Å². The first-order chi connectivity index (χ1) is 7.16. The molecule has 0 aliphatic carbocycles. The Labute approximate surface area is 94.3 Å². The Kier molecular flexibility index (Phi) is 3.07. The van der Waals surface area contributed by atoms with Crippen LogP contribution in [0, 0.1) is 0 Å². The van der Waals surface area contributed by atoms with Crippen LogP contribution in [0.25, 0.3) is 0 Å². The van der Waals surface area contributed by atoms with Crippen LogP contribution in [0.2, 0.25) is 0 Å². The molecule has 3 N–H and O–H groups in total. The highest BCUT2D eigenvalue weighted by Crippen LogP contribution is 2.35. The molecule has 1 heterocycles. The average molecular weight is 224 g/mol. The molecule has 0 amide bonds. The maximum atomic E-state index is 9.42. The summed E-state index contributed by atoms with van der Waals surface area (Å²) in [5.41, 5.74) is 7.72.